The zero-order valence-corrected chi connectivity index (χ0v) is 14.5. The fourth-order valence-electron chi connectivity index (χ4n) is 3.85. The van der Waals surface area contributed by atoms with Gasteiger partial charge >= 0.3 is 5.97 Å². The number of hydrogen-bond acceptors (Lipinski definition) is 3. The predicted molar refractivity (Wildman–Crippen MR) is 92.9 cm³/mol. The number of benzene rings is 1. The van der Waals surface area contributed by atoms with Crippen LogP contribution in [0.5, 0.6) is 0 Å². The number of rotatable bonds is 4. The fourth-order valence-corrected chi connectivity index (χ4v) is 3.85. The summed E-state index contributed by atoms with van der Waals surface area (Å²) in [7, 11) is 0. The fraction of sp³-hybridized carbons (Fsp3) is 0.600. The third kappa shape index (κ3) is 4.16. The monoisotopic (exact) mass is 329 g/mol. The van der Waals surface area contributed by atoms with Gasteiger partial charge in [0.1, 0.15) is 0 Å². The van der Waals surface area contributed by atoms with Crippen molar-refractivity contribution in [3.05, 3.63) is 34.9 Å². The molecule has 2 aliphatic carbocycles. The molecule has 1 fully saturated rings. The van der Waals surface area contributed by atoms with Crippen LogP contribution in [0.3, 0.4) is 0 Å². The Morgan fingerprint density at radius 3 is 2.62 bits per heavy atom. The lowest BCUT2D eigenvalue weighted by Gasteiger charge is -2.29. The van der Waals surface area contributed by atoms with Crippen LogP contribution in [-0.4, -0.2) is 24.5 Å². The second kappa shape index (κ2) is 7.82. The van der Waals surface area contributed by atoms with Crippen molar-refractivity contribution in [1.29, 1.82) is 0 Å². The minimum Gasteiger partial charge on any atom is -0.452 e. The molecule has 1 amide bonds. The van der Waals surface area contributed by atoms with Crippen LogP contribution in [0, 0.1) is 5.92 Å². The Bertz CT molecular complexity index is 611. The van der Waals surface area contributed by atoms with Gasteiger partial charge in [-0.2, -0.15) is 0 Å². The van der Waals surface area contributed by atoms with E-state index in [9.17, 15) is 9.59 Å². The topological polar surface area (TPSA) is 55.4 Å². The van der Waals surface area contributed by atoms with Crippen LogP contribution in [0.2, 0.25) is 0 Å². The number of hydrogen-bond donors (Lipinski definition) is 1. The summed E-state index contributed by atoms with van der Waals surface area (Å²) in [5.74, 6) is -0.102. The van der Waals surface area contributed by atoms with Crippen LogP contribution in [0.4, 0.5) is 0 Å². The molecule has 0 aromatic heterocycles. The molecule has 4 nitrogen and oxygen atoms in total. The molecule has 0 heterocycles. The Labute approximate surface area is 144 Å². The molecule has 2 atom stereocenters. The highest BCUT2D eigenvalue weighted by molar-refractivity contribution is 5.91. The summed E-state index contributed by atoms with van der Waals surface area (Å²) in [5.41, 5.74) is 3.13. The van der Waals surface area contributed by atoms with Crippen molar-refractivity contribution in [2.24, 2.45) is 5.92 Å². The van der Waals surface area contributed by atoms with Crippen molar-refractivity contribution >= 4 is 11.9 Å². The van der Waals surface area contributed by atoms with Gasteiger partial charge < -0.3 is 10.1 Å². The molecular weight excluding hydrogens is 302 g/mol. The van der Waals surface area contributed by atoms with Crippen LogP contribution in [0.1, 0.15) is 66.9 Å². The summed E-state index contributed by atoms with van der Waals surface area (Å²) in [6.07, 6.45) is 9.07. The molecule has 2 aliphatic rings. The molecule has 1 aromatic rings. The molecule has 1 aromatic carbocycles. The number of esters is 1. The molecule has 4 heteroatoms. The summed E-state index contributed by atoms with van der Waals surface area (Å²) in [6, 6.07) is 5.98. The molecule has 24 heavy (non-hydrogen) atoms. The Hall–Kier alpha value is -1.84. The normalized spacial score (nSPS) is 23.2. The molecular formula is C20H27NO3. The van der Waals surface area contributed by atoms with Gasteiger partial charge in [0.15, 0.2) is 6.61 Å². The van der Waals surface area contributed by atoms with Crippen molar-refractivity contribution in [3.8, 4) is 0 Å². The molecule has 0 unspecified atom stereocenters. The van der Waals surface area contributed by atoms with Gasteiger partial charge in [-0.3, -0.25) is 4.79 Å². The van der Waals surface area contributed by atoms with Gasteiger partial charge in [-0.1, -0.05) is 25.8 Å². The summed E-state index contributed by atoms with van der Waals surface area (Å²) in [6.45, 7) is 1.97. The van der Waals surface area contributed by atoms with Crippen molar-refractivity contribution in [1.82, 2.24) is 5.32 Å². The Kier molecular flexibility index (Phi) is 5.54. The van der Waals surface area contributed by atoms with Crippen LogP contribution < -0.4 is 5.32 Å². The quantitative estimate of drug-likeness (QED) is 0.861. The maximum atomic E-state index is 12.2. The second-order valence-corrected chi connectivity index (χ2v) is 7.20. The van der Waals surface area contributed by atoms with E-state index < -0.39 is 5.97 Å². The number of amides is 1. The average molecular weight is 329 g/mol. The zero-order chi connectivity index (χ0) is 16.9. The van der Waals surface area contributed by atoms with E-state index in [1.165, 1.54) is 30.4 Å². The number of carbonyl (C=O) groups is 2. The van der Waals surface area contributed by atoms with Crippen molar-refractivity contribution in [2.45, 2.75) is 64.3 Å². The van der Waals surface area contributed by atoms with Gasteiger partial charge in [-0.15, -0.1) is 0 Å². The first-order valence-electron chi connectivity index (χ1n) is 9.22. The van der Waals surface area contributed by atoms with Crippen LogP contribution >= 0.6 is 0 Å². The minimum absolute atomic E-state index is 0.194. The Balaban J connectivity index is 1.50. The average Bonchev–Trinajstić information content (AvgIpc) is 2.61. The van der Waals surface area contributed by atoms with E-state index in [2.05, 4.69) is 12.2 Å². The van der Waals surface area contributed by atoms with Crippen molar-refractivity contribution in [2.75, 3.05) is 6.61 Å². The van der Waals surface area contributed by atoms with E-state index in [1.54, 1.807) is 0 Å². The maximum absolute atomic E-state index is 12.2. The molecule has 0 radical (unpaired) electrons. The van der Waals surface area contributed by atoms with Gasteiger partial charge in [-0.05, 0) is 67.7 Å². The third-order valence-electron chi connectivity index (χ3n) is 5.38. The minimum atomic E-state index is -0.407. The molecule has 0 saturated heterocycles. The first kappa shape index (κ1) is 17.0. The van der Waals surface area contributed by atoms with Crippen molar-refractivity contribution < 1.29 is 14.3 Å². The lowest BCUT2D eigenvalue weighted by atomic mass is 9.86. The first-order valence-corrected chi connectivity index (χ1v) is 9.22. The number of carbonyl (C=O) groups excluding carboxylic acids is 2. The highest BCUT2D eigenvalue weighted by Gasteiger charge is 2.23. The van der Waals surface area contributed by atoms with E-state index in [-0.39, 0.29) is 18.6 Å². The van der Waals surface area contributed by atoms with Gasteiger partial charge in [0.25, 0.3) is 5.91 Å². The molecule has 3 rings (SSSR count). The van der Waals surface area contributed by atoms with Gasteiger partial charge in [0, 0.05) is 6.04 Å². The highest BCUT2D eigenvalue weighted by atomic mass is 16.5. The number of aryl methyl sites for hydroxylation is 2. The lowest BCUT2D eigenvalue weighted by Crippen LogP contribution is -2.42. The maximum Gasteiger partial charge on any atom is 0.338 e. The summed E-state index contributed by atoms with van der Waals surface area (Å²) in [5, 5.41) is 3.01. The summed E-state index contributed by atoms with van der Waals surface area (Å²) < 4.78 is 5.21. The second-order valence-electron chi connectivity index (χ2n) is 7.20. The molecule has 0 bridgehead atoms. The van der Waals surface area contributed by atoms with Crippen molar-refractivity contribution in [3.63, 3.8) is 0 Å². The van der Waals surface area contributed by atoms with Crippen LogP contribution in [0.15, 0.2) is 18.2 Å². The highest BCUT2D eigenvalue weighted by Crippen LogP contribution is 2.24. The standard InChI is InChI=1S/C20H27NO3/c1-14-6-2-5-9-18(14)21-19(22)13-24-20(23)17-11-10-15-7-3-4-8-16(15)12-17/h10-12,14,18H,2-9,13H2,1H3,(H,21,22)/t14-,18-/m0/s1. The van der Waals surface area contributed by atoms with E-state index in [0.29, 0.717) is 11.5 Å². The first-order chi connectivity index (χ1) is 11.6. The molecule has 130 valence electrons. The third-order valence-corrected chi connectivity index (χ3v) is 5.38. The lowest BCUT2D eigenvalue weighted by molar-refractivity contribution is -0.125. The van der Waals surface area contributed by atoms with E-state index in [4.69, 9.17) is 4.74 Å². The predicted octanol–water partition coefficient (Wildman–Crippen LogP) is 3.42. The van der Waals surface area contributed by atoms with E-state index in [1.807, 2.05) is 18.2 Å². The molecule has 0 aliphatic heterocycles. The Morgan fingerprint density at radius 1 is 1.08 bits per heavy atom. The van der Waals surface area contributed by atoms with Gasteiger partial charge in [0.05, 0.1) is 5.56 Å². The summed E-state index contributed by atoms with van der Waals surface area (Å²) >= 11 is 0. The largest absolute Gasteiger partial charge is 0.452 e. The molecule has 1 N–H and O–H groups in total. The molecule has 1 saturated carbocycles. The summed E-state index contributed by atoms with van der Waals surface area (Å²) in [4.78, 5) is 24.2. The van der Waals surface area contributed by atoms with Crippen LogP contribution in [0.25, 0.3) is 0 Å². The number of nitrogens with one attached hydrogen (secondary N) is 1. The van der Waals surface area contributed by atoms with Crippen LogP contribution in [-0.2, 0) is 22.4 Å². The van der Waals surface area contributed by atoms with Gasteiger partial charge in [0.2, 0.25) is 0 Å². The van der Waals surface area contributed by atoms with E-state index in [0.717, 1.165) is 32.1 Å². The van der Waals surface area contributed by atoms with E-state index >= 15 is 0 Å². The smallest absolute Gasteiger partial charge is 0.338 e. The SMILES string of the molecule is C[C@H]1CCCC[C@@H]1NC(=O)COC(=O)c1ccc2c(c1)CCCC2. The van der Waals surface area contributed by atoms with Gasteiger partial charge in [-0.25, -0.2) is 4.79 Å². The number of fused-ring (bicyclic) bond motifs is 1. The Morgan fingerprint density at radius 2 is 1.83 bits per heavy atom. The molecule has 0 spiro atoms. The number of ether oxygens (including phenoxy) is 1. The zero-order valence-electron chi connectivity index (χ0n) is 14.5.